The van der Waals surface area contributed by atoms with Crippen LogP contribution in [0, 0.1) is 13.8 Å². The number of fused-ring (bicyclic) bond motifs is 1. The number of aromatic nitrogens is 4. The van der Waals surface area contributed by atoms with Gasteiger partial charge in [-0.25, -0.2) is 9.97 Å². The molecule has 3 rings (SSSR count). The first kappa shape index (κ1) is 17.4. The molecule has 1 amide bonds. The molecule has 1 atom stereocenters. The molecule has 2 aromatic heterocycles. The van der Waals surface area contributed by atoms with Crippen molar-refractivity contribution in [1.29, 1.82) is 0 Å². The van der Waals surface area contributed by atoms with Gasteiger partial charge in [0.15, 0.2) is 0 Å². The quantitative estimate of drug-likeness (QED) is 0.839. The Bertz CT molecular complexity index is 852. The molecule has 25 heavy (non-hydrogen) atoms. The van der Waals surface area contributed by atoms with Gasteiger partial charge in [-0.1, -0.05) is 0 Å². The van der Waals surface area contributed by atoms with Crippen LogP contribution in [0.1, 0.15) is 42.3 Å². The van der Waals surface area contributed by atoms with Crippen LogP contribution in [0.25, 0.3) is 0 Å². The molecule has 0 N–H and O–H groups in total. The molecule has 0 aliphatic carbocycles. The number of nitrogens with zero attached hydrogens (tertiary/aromatic N) is 5. The highest BCUT2D eigenvalue weighted by atomic mass is 16.2. The summed E-state index contributed by atoms with van der Waals surface area (Å²) < 4.78 is 3.60. The van der Waals surface area contributed by atoms with Crippen molar-refractivity contribution < 1.29 is 4.79 Å². The van der Waals surface area contributed by atoms with Crippen molar-refractivity contribution in [2.24, 2.45) is 7.05 Å². The zero-order valence-corrected chi connectivity index (χ0v) is 15.3. The predicted octanol–water partition coefficient (Wildman–Crippen LogP) is 1.17. The third-order valence-electron chi connectivity index (χ3n) is 5.10. The number of hydrogen-bond donors (Lipinski definition) is 0. The fourth-order valence-corrected chi connectivity index (χ4v) is 3.45. The van der Waals surface area contributed by atoms with Crippen LogP contribution >= 0.6 is 0 Å². The van der Waals surface area contributed by atoms with E-state index in [-0.39, 0.29) is 17.5 Å². The molecule has 0 unspecified atom stereocenters. The van der Waals surface area contributed by atoms with Gasteiger partial charge in [0, 0.05) is 57.0 Å². The first-order valence-corrected chi connectivity index (χ1v) is 8.71. The molecule has 0 saturated carbocycles. The van der Waals surface area contributed by atoms with E-state index in [0.29, 0.717) is 38.2 Å². The SMILES string of the molecule is Cc1nccn1[C@H](C)CC(=O)N1CCc2nc(C)n(C)c(=O)c2CC1. The normalized spacial score (nSPS) is 15.6. The molecular weight excluding hydrogens is 318 g/mol. The third kappa shape index (κ3) is 3.36. The number of aryl methyl sites for hydroxylation is 2. The summed E-state index contributed by atoms with van der Waals surface area (Å²) in [6, 6.07) is 0.0638. The lowest BCUT2D eigenvalue weighted by atomic mass is 10.1. The van der Waals surface area contributed by atoms with Crippen LogP contribution in [-0.2, 0) is 24.7 Å². The molecule has 0 spiro atoms. The fourth-order valence-electron chi connectivity index (χ4n) is 3.45. The van der Waals surface area contributed by atoms with E-state index >= 15 is 0 Å². The molecule has 0 bridgehead atoms. The maximum absolute atomic E-state index is 12.7. The van der Waals surface area contributed by atoms with Gasteiger partial charge in [0.2, 0.25) is 5.91 Å². The molecular formula is C18H25N5O2. The maximum atomic E-state index is 12.7. The Labute approximate surface area is 147 Å². The second-order valence-electron chi connectivity index (χ2n) is 6.76. The summed E-state index contributed by atoms with van der Waals surface area (Å²) in [5.74, 6) is 1.74. The van der Waals surface area contributed by atoms with Gasteiger partial charge >= 0.3 is 0 Å². The Morgan fingerprint density at radius 2 is 1.96 bits per heavy atom. The monoisotopic (exact) mass is 343 g/mol. The minimum absolute atomic E-state index is 0.0132. The fraction of sp³-hybridized carbons (Fsp3) is 0.556. The van der Waals surface area contributed by atoms with E-state index in [2.05, 4.69) is 9.97 Å². The summed E-state index contributed by atoms with van der Waals surface area (Å²) >= 11 is 0. The Balaban J connectivity index is 1.71. The number of carbonyl (C=O) groups is 1. The second-order valence-corrected chi connectivity index (χ2v) is 6.76. The number of carbonyl (C=O) groups excluding carboxylic acids is 1. The van der Waals surface area contributed by atoms with Crippen LogP contribution in [0.5, 0.6) is 0 Å². The van der Waals surface area contributed by atoms with Crippen LogP contribution in [-0.4, -0.2) is 43.0 Å². The number of hydrogen-bond acceptors (Lipinski definition) is 4. The van der Waals surface area contributed by atoms with Crippen LogP contribution < -0.4 is 5.56 Å². The van der Waals surface area contributed by atoms with Gasteiger partial charge in [0.1, 0.15) is 11.6 Å². The van der Waals surface area contributed by atoms with Crippen LogP contribution in [0.15, 0.2) is 17.2 Å². The Morgan fingerprint density at radius 1 is 1.24 bits per heavy atom. The summed E-state index contributed by atoms with van der Waals surface area (Å²) in [6.45, 7) is 6.99. The number of rotatable bonds is 3. The average Bonchev–Trinajstić information content (AvgIpc) is 2.88. The standard InChI is InChI=1S/C18H25N5O2/c1-12(23-10-7-19-13(23)2)11-17(24)22-8-5-15-16(6-9-22)20-14(3)21(4)18(15)25/h7,10,12H,5-6,8-9,11H2,1-4H3/t12-/m1/s1. The molecule has 134 valence electrons. The highest BCUT2D eigenvalue weighted by Gasteiger charge is 2.23. The smallest absolute Gasteiger partial charge is 0.256 e. The van der Waals surface area contributed by atoms with Crippen molar-refractivity contribution >= 4 is 5.91 Å². The van der Waals surface area contributed by atoms with Gasteiger partial charge in [-0.2, -0.15) is 0 Å². The van der Waals surface area contributed by atoms with Crippen molar-refractivity contribution in [3.8, 4) is 0 Å². The summed E-state index contributed by atoms with van der Waals surface area (Å²) in [4.78, 5) is 35.8. The predicted molar refractivity (Wildman–Crippen MR) is 94.5 cm³/mol. The van der Waals surface area contributed by atoms with Gasteiger partial charge in [-0.15, -0.1) is 0 Å². The highest BCUT2D eigenvalue weighted by molar-refractivity contribution is 5.76. The second kappa shape index (κ2) is 6.82. The lowest BCUT2D eigenvalue weighted by molar-refractivity contribution is -0.131. The van der Waals surface area contributed by atoms with Crippen molar-refractivity contribution in [2.75, 3.05) is 13.1 Å². The molecule has 0 radical (unpaired) electrons. The zero-order chi connectivity index (χ0) is 18.1. The first-order valence-electron chi connectivity index (χ1n) is 8.71. The van der Waals surface area contributed by atoms with Gasteiger partial charge in [0.25, 0.3) is 5.56 Å². The molecule has 1 aliphatic heterocycles. The molecule has 0 saturated heterocycles. The molecule has 0 aromatic carbocycles. The Morgan fingerprint density at radius 3 is 2.64 bits per heavy atom. The summed E-state index contributed by atoms with van der Waals surface area (Å²) in [7, 11) is 1.74. The average molecular weight is 343 g/mol. The minimum atomic E-state index is 0.0132. The Hall–Kier alpha value is -2.44. The van der Waals surface area contributed by atoms with Gasteiger partial charge < -0.3 is 9.47 Å². The zero-order valence-electron chi connectivity index (χ0n) is 15.3. The van der Waals surface area contributed by atoms with Gasteiger partial charge in [-0.3, -0.25) is 14.2 Å². The van der Waals surface area contributed by atoms with E-state index in [4.69, 9.17) is 0 Å². The van der Waals surface area contributed by atoms with Crippen molar-refractivity contribution in [2.45, 2.75) is 46.1 Å². The van der Waals surface area contributed by atoms with E-state index in [9.17, 15) is 9.59 Å². The number of imidazole rings is 1. The summed E-state index contributed by atoms with van der Waals surface area (Å²) in [6.07, 6.45) is 5.29. The van der Waals surface area contributed by atoms with E-state index in [1.54, 1.807) is 17.8 Å². The lowest BCUT2D eigenvalue weighted by Crippen LogP contribution is -2.34. The maximum Gasteiger partial charge on any atom is 0.256 e. The van der Waals surface area contributed by atoms with E-state index in [1.807, 2.05) is 36.4 Å². The van der Waals surface area contributed by atoms with Crippen LogP contribution in [0.4, 0.5) is 0 Å². The van der Waals surface area contributed by atoms with Crippen molar-refractivity contribution in [3.63, 3.8) is 0 Å². The number of amides is 1. The largest absolute Gasteiger partial charge is 0.342 e. The topological polar surface area (TPSA) is 73.0 Å². The van der Waals surface area contributed by atoms with Gasteiger partial charge in [-0.05, 0) is 27.2 Å². The first-order chi connectivity index (χ1) is 11.9. The Kier molecular flexibility index (Phi) is 4.74. The van der Waals surface area contributed by atoms with Gasteiger partial charge in [0.05, 0.1) is 5.69 Å². The molecule has 1 aliphatic rings. The lowest BCUT2D eigenvalue weighted by Gasteiger charge is -2.23. The molecule has 3 heterocycles. The van der Waals surface area contributed by atoms with E-state index < -0.39 is 0 Å². The third-order valence-corrected chi connectivity index (χ3v) is 5.10. The molecule has 2 aromatic rings. The van der Waals surface area contributed by atoms with Crippen LogP contribution in [0.3, 0.4) is 0 Å². The molecule has 7 heteroatoms. The molecule has 0 fully saturated rings. The highest BCUT2D eigenvalue weighted by Crippen LogP contribution is 2.17. The van der Waals surface area contributed by atoms with E-state index in [0.717, 1.165) is 17.1 Å². The minimum Gasteiger partial charge on any atom is -0.342 e. The van der Waals surface area contributed by atoms with Crippen LogP contribution in [0.2, 0.25) is 0 Å². The van der Waals surface area contributed by atoms with E-state index in [1.165, 1.54) is 0 Å². The molecule has 7 nitrogen and oxygen atoms in total. The summed E-state index contributed by atoms with van der Waals surface area (Å²) in [5, 5.41) is 0. The van der Waals surface area contributed by atoms with Crippen molar-refractivity contribution in [1.82, 2.24) is 24.0 Å². The van der Waals surface area contributed by atoms with Crippen molar-refractivity contribution in [3.05, 3.63) is 45.7 Å². The summed E-state index contributed by atoms with van der Waals surface area (Å²) in [5.41, 5.74) is 1.61.